The normalized spacial score (nSPS) is 16.9. The van der Waals surface area contributed by atoms with Crippen molar-refractivity contribution in [2.24, 2.45) is 13.0 Å². The molecule has 7 aromatic rings. The van der Waals surface area contributed by atoms with E-state index < -0.39 is 11.9 Å². The average molecular weight is 974 g/mol. The van der Waals surface area contributed by atoms with Gasteiger partial charge in [0.2, 0.25) is 17.7 Å². The van der Waals surface area contributed by atoms with Gasteiger partial charge in [0, 0.05) is 43.1 Å². The number of benzene rings is 4. The summed E-state index contributed by atoms with van der Waals surface area (Å²) in [5, 5.41) is 25.0. The first-order valence-corrected chi connectivity index (χ1v) is 25.1. The van der Waals surface area contributed by atoms with Gasteiger partial charge in [0.1, 0.15) is 11.6 Å². The van der Waals surface area contributed by atoms with E-state index in [1.54, 1.807) is 11.7 Å². The zero-order valence-electron chi connectivity index (χ0n) is 39.9. The van der Waals surface area contributed by atoms with Crippen LogP contribution in [0.15, 0.2) is 91.0 Å². The van der Waals surface area contributed by atoms with Crippen molar-refractivity contribution in [3.8, 4) is 16.9 Å². The maximum atomic E-state index is 13.6. The van der Waals surface area contributed by atoms with Gasteiger partial charge in [0.15, 0.2) is 10.8 Å². The van der Waals surface area contributed by atoms with E-state index >= 15 is 0 Å². The molecule has 0 radical (unpaired) electrons. The smallest absolute Gasteiger partial charge is 0.355 e. The van der Waals surface area contributed by atoms with Gasteiger partial charge in [0.25, 0.3) is 5.91 Å². The SMILES string of the molecule is Cc1c(OCCCC2CCN([C@@H](C)C(=O)Nc3cccc4c(C5CCC(=O)NC5=O)nn(C)c34)CC2)cccc1-c1ccc(N2CCc3cccc(C(=O)Nc4nc5ccccc5s4)c3C2)nc1C(=O)O. The Morgan fingerprint density at radius 1 is 0.887 bits per heavy atom. The number of imide groups is 1. The van der Waals surface area contributed by atoms with Gasteiger partial charge in [0.05, 0.1) is 45.7 Å². The van der Waals surface area contributed by atoms with Crippen LogP contribution in [-0.2, 0) is 34.4 Å². The highest BCUT2D eigenvalue weighted by atomic mass is 32.1. The number of piperidine rings is 2. The van der Waals surface area contributed by atoms with Crippen molar-refractivity contribution in [3.63, 3.8) is 0 Å². The van der Waals surface area contributed by atoms with Gasteiger partial charge in [-0.15, -0.1) is 0 Å². The standard InChI is InChI=1S/C54H55N9O7S/c1-31-35(36-19-21-45(57-48(36)53(68)69)63-28-25-34-11-6-13-37(40(34)30-63)51(66)59-54-56-41-15-4-5-18-44(41)71-54)12-8-17-43(31)70-29-9-10-33-23-26-62(27-24-33)32(2)50(65)55-42-16-7-14-38-47(60-61(3)49(38)42)39-20-22-46(64)58-52(39)67/h4-8,11-19,21,32-33,39H,9-10,20,22-30H2,1-3H3,(H,55,65)(H,68,69)(H,56,59,66)(H,58,64,67)/t32-,39?/m0/s1. The van der Waals surface area contributed by atoms with E-state index in [1.807, 2.05) is 110 Å². The van der Waals surface area contributed by atoms with Gasteiger partial charge in [-0.1, -0.05) is 59.9 Å². The van der Waals surface area contributed by atoms with Crippen molar-refractivity contribution in [1.29, 1.82) is 0 Å². The fraction of sp³-hybridized carbons (Fsp3) is 0.333. The minimum atomic E-state index is -1.13. The number of aryl methyl sites for hydroxylation is 1. The summed E-state index contributed by atoms with van der Waals surface area (Å²) in [5.41, 5.74) is 7.29. The summed E-state index contributed by atoms with van der Waals surface area (Å²) in [4.78, 5) is 78.1. The zero-order valence-corrected chi connectivity index (χ0v) is 40.7. The Balaban J connectivity index is 0.727. The van der Waals surface area contributed by atoms with Crippen molar-refractivity contribution >= 4 is 78.7 Å². The van der Waals surface area contributed by atoms with Crippen LogP contribution in [0.2, 0.25) is 0 Å². The second kappa shape index (κ2) is 20.1. The number of pyridine rings is 1. The highest BCUT2D eigenvalue weighted by Crippen LogP contribution is 2.37. The molecule has 3 aromatic heterocycles. The Morgan fingerprint density at radius 3 is 2.49 bits per heavy atom. The fourth-order valence-corrected chi connectivity index (χ4v) is 11.3. The molecule has 4 N–H and O–H groups in total. The summed E-state index contributed by atoms with van der Waals surface area (Å²) < 4.78 is 9.02. The molecule has 4 aromatic carbocycles. The number of carbonyl (C=O) groups is 5. The molecule has 6 heterocycles. The lowest BCUT2D eigenvalue weighted by molar-refractivity contribution is -0.134. The highest BCUT2D eigenvalue weighted by Gasteiger charge is 2.33. The molecule has 0 bridgehead atoms. The second-order valence-corrected chi connectivity index (χ2v) is 19.7. The summed E-state index contributed by atoms with van der Waals surface area (Å²) in [6.07, 6.45) is 5.08. The Hall–Kier alpha value is -7.50. The van der Waals surface area contributed by atoms with Crippen molar-refractivity contribution in [2.75, 3.05) is 41.8 Å². The number of anilines is 3. The molecule has 3 aliphatic rings. The molecule has 17 heteroatoms. The molecule has 0 aliphatic carbocycles. The van der Waals surface area contributed by atoms with Crippen LogP contribution in [0.3, 0.4) is 0 Å². The molecule has 1 unspecified atom stereocenters. The number of hydrogen-bond donors (Lipinski definition) is 4. The molecule has 71 heavy (non-hydrogen) atoms. The van der Waals surface area contributed by atoms with Gasteiger partial charge in [-0.2, -0.15) is 5.10 Å². The number of hydrogen-bond acceptors (Lipinski definition) is 12. The number of nitrogens with one attached hydrogen (secondary N) is 3. The quantitative estimate of drug-likeness (QED) is 0.0599. The highest BCUT2D eigenvalue weighted by molar-refractivity contribution is 7.22. The van der Waals surface area contributed by atoms with Crippen LogP contribution in [0.25, 0.3) is 32.2 Å². The molecular formula is C54H55N9O7S. The van der Waals surface area contributed by atoms with Crippen molar-refractivity contribution in [1.82, 2.24) is 30.0 Å². The van der Waals surface area contributed by atoms with E-state index in [-0.39, 0.29) is 41.8 Å². The van der Waals surface area contributed by atoms with Crippen molar-refractivity contribution < 1.29 is 33.8 Å². The van der Waals surface area contributed by atoms with Gasteiger partial charge < -0.3 is 20.1 Å². The van der Waals surface area contributed by atoms with Gasteiger partial charge in [-0.3, -0.25) is 39.4 Å². The lowest BCUT2D eigenvalue weighted by Gasteiger charge is -2.35. The molecule has 4 amide bonds. The third-order valence-electron chi connectivity index (χ3n) is 14.3. The van der Waals surface area contributed by atoms with Crippen molar-refractivity contribution in [2.45, 2.75) is 77.3 Å². The van der Waals surface area contributed by atoms with Crippen LogP contribution >= 0.6 is 11.3 Å². The third kappa shape index (κ3) is 9.71. The molecule has 16 nitrogen and oxygen atoms in total. The number of ether oxygens (including phenoxy) is 1. The number of carboxylic acids is 1. The number of likely N-dealkylation sites (tertiary alicyclic amines) is 1. The van der Waals surface area contributed by atoms with Gasteiger partial charge in [-0.05, 0) is 136 Å². The predicted octanol–water partition coefficient (Wildman–Crippen LogP) is 8.49. The van der Waals surface area contributed by atoms with Crippen molar-refractivity contribution in [3.05, 3.63) is 125 Å². The first-order chi connectivity index (χ1) is 34.4. The van der Waals surface area contributed by atoms with E-state index in [2.05, 4.69) is 30.9 Å². The Bertz CT molecular complexity index is 3200. The van der Waals surface area contributed by atoms with E-state index in [1.165, 1.54) is 11.3 Å². The summed E-state index contributed by atoms with van der Waals surface area (Å²) in [7, 11) is 1.79. The number of nitrogens with zero attached hydrogens (tertiary/aromatic N) is 6. The molecule has 364 valence electrons. The molecule has 0 spiro atoms. The lowest BCUT2D eigenvalue weighted by Crippen LogP contribution is -2.46. The topological polar surface area (TPSA) is 201 Å². The first-order valence-electron chi connectivity index (χ1n) is 24.2. The number of rotatable bonds is 14. The minimum Gasteiger partial charge on any atom is -0.493 e. The number of aromatic nitrogens is 4. The molecular weight excluding hydrogens is 919 g/mol. The summed E-state index contributed by atoms with van der Waals surface area (Å²) in [6, 6.07) is 28.1. The van der Waals surface area contributed by atoms with Gasteiger partial charge in [-0.25, -0.2) is 14.8 Å². The maximum absolute atomic E-state index is 13.6. The number of carboxylic acid groups (broad SMARTS) is 1. The monoisotopic (exact) mass is 973 g/mol. The fourth-order valence-electron chi connectivity index (χ4n) is 10.4. The third-order valence-corrected chi connectivity index (χ3v) is 15.3. The molecule has 0 saturated carbocycles. The Kier molecular flexibility index (Phi) is 13.3. The first kappa shape index (κ1) is 47.2. The Labute approximate surface area is 414 Å². The number of thiazole rings is 1. The lowest BCUT2D eigenvalue weighted by atomic mass is 9.91. The van der Waals surface area contributed by atoms with Crippen LogP contribution in [0.5, 0.6) is 5.75 Å². The molecule has 2 atom stereocenters. The van der Waals surface area contributed by atoms with E-state index in [4.69, 9.17) is 9.72 Å². The second-order valence-electron chi connectivity index (χ2n) is 18.7. The summed E-state index contributed by atoms with van der Waals surface area (Å²) in [5.74, 6) is -0.935. The van der Waals surface area contributed by atoms with Crippen LogP contribution in [0, 0.1) is 12.8 Å². The zero-order chi connectivity index (χ0) is 49.3. The van der Waals surface area contributed by atoms with Gasteiger partial charge >= 0.3 is 5.97 Å². The Morgan fingerprint density at radius 2 is 1.69 bits per heavy atom. The van der Waals surface area contributed by atoms with Crippen LogP contribution < -0.4 is 25.6 Å². The molecule has 10 rings (SSSR count). The number of carbonyl (C=O) groups excluding carboxylic acids is 4. The van der Waals surface area contributed by atoms with E-state index in [9.17, 15) is 29.1 Å². The molecule has 2 fully saturated rings. The number of para-hydroxylation sites is 2. The number of aromatic carboxylic acids is 1. The van der Waals surface area contributed by atoms with E-state index in [0.717, 1.165) is 82.1 Å². The van der Waals surface area contributed by atoms with E-state index in [0.29, 0.717) is 77.7 Å². The van der Waals surface area contributed by atoms with Crippen LogP contribution in [0.1, 0.15) is 94.6 Å². The molecule has 2 saturated heterocycles. The largest absolute Gasteiger partial charge is 0.493 e. The minimum absolute atomic E-state index is 0.0556. The molecule has 3 aliphatic heterocycles. The average Bonchev–Trinajstić information content (AvgIpc) is 3.95. The number of amides is 4. The summed E-state index contributed by atoms with van der Waals surface area (Å²) >= 11 is 1.43. The maximum Gasteiger partial charge on any atom is 0.355 e. The van der Waals surface area contributed by atoms with Crippen LogP contribution in [-0.4, -0.2) is 91.6 Å². The number of fused-ring (bicyclic) bond motifs is 3. The summed E-state index contributed by atoms with van der Waals surface area (Å²) in [6.45, 7) is 6.98. The van der Waals surface area contributed by atoms with Crippen LogP contribution in [0.4, 0.5) is 16.6 Å². The predicted molar refractivity (Wildman–Crippen MR) is 273 cm³/mol.